The molecule has 2 rings (SSSR count). The molecule has 98 valence electrons. The molecule has 0 saturated carbocycles. The van der Waals surface area contributed by atoms with E-state index in [9.17, 15) is 4.79 Å². The molecule has 1 aromatic carbocycles. The number of hydrogen-bond donors (Lipinski definition) is 0. The molecule has 1 aromatic rings. The van der Waals surface area contributed by atoms with Crippen LogP contribution < -0.4 is 4.90 Å². The van der Waals surface area contributed by atoms with E-state index in [0.29, 0.717) is 11.1 Å². The molecule has 1 aliphatic heterocycles. The molecule has 0 amide bonds. The monoisotopic (exact) mass is 266 g/mol. The lowest BCUT2D eigenvalue weighted by molar-refractivity contribution is 0.112. The third kappa shape index (κ3) is 2.85. The van der Waals surface area contributed by atoms with Crippen LogP contribution in [0.5, 0.6) is 0 Å². The number of aldehydes is 1. The van der Waals surface area contributed by atoms with Gasteiger partial charge in [0.2, 0.25) is 0 Å². The van der Waals surface area contributed by atoms with Gasteiger partial charge in [0.15, 0.2) is 6.29 Å². The molecule has 0 aromatic heterocycles. The summed E-state index contributed by atoms with van der Waals surface area (Å²) in [6.45, 7) is 5.26. The lowest BCUT2D eigenvalue weighted by Gasteiger charge is -2.31. The molecule has 0 radical (unpaired) electrons. The maximum atomic E-state index is 11.2. The van der Waals surface area contributed by atoms with E-state index in [2.05, 4.69) is 23.8 Å². The van der Waals surface area contributed by atoms with Crippen LogP contribution in [-0.2, 0) is 0 Å². The number of carbonyl (C=O) groups excluding carboxylic acids is 1. The summed E-state index contributed by atoms with van der Waals surface area (Å²) in [5, 5.41) is 0.681. The predicted molar refractivity (Wildman–Crippen MR) is 75.8 cm³/mol. The minimum absolute atomic E-state index is 0.384. The molecule has 1 saturated heterocycles. The summed E-state index contributed by atoms with van der Waals surface area (Å²) < 4.78 is 0. The Kier molecular flexibility index (Phi) is 4.25. The number of anilines is 1. The zero-order valence-electron chi connectivity index (χ0n) is 10.9. The highest BCUT2D eigenvalue weighted by Crippen LogP contribution is 2.27. The van der Waals surface area contributed by atoms with Gasteiger partial charge in [-0.05, 0) is 45.1 Å². The van der Waals surface area contributed by atoms with E-state index in [4.69, 9.17) is 11.6 Å². The molecular formula is C14H19ClN2O. The maximum Gasteiger partial charge on any atom is 0.152 e. The molecule has 1 fully saturated rings. The second-order valence-electron chi connectivity index (χ2n) is 4.98. The first-order chi connectivity index (χ1) is 8.61. The van der Waals surface area contributed by atoms with Crippen molar-refractivity contribution in [2.24, 2.45) is 0 Å². The zero-order valence-corrected chi connectivity index (χ0v) is 11.7. The first-order valence-corrected chi connectivity index (χ1v) is 6.69. The van der Waals surface area contributed by atoms with Crippen LogP contribution >= 0.6 is 11.6 Å². The Morgan fingerprint density at radius 3 is 2.89 bits per heavy atom. The average Bonchev–Trinajstić information content (AvgIpc) is 2.50. The Balaban J connectivity index is 2.34. The molecular weight excluding hydrogens is 248 g/mol. The number of hydrogen-bond acceptors (Lipinski definition) is 3. The average molecular weight is 267 g/mol. The van der Waals surface area contributed by atoms with Gasteiger partial charge in [0.1, 0.15) is 0 Å². The van der Waals surface area contributed by atoms with Gasteiger partial charge in [-0.3, -0.25) is 4.79 Å². The largest absolute Gasteiger partial charge is 0.367 e. The second-order valence-corrected chi connectivity index (χ2v) is 5.42. The van der Waals surface area contributed by atoms with Crippen LogP contribution in [0.3, 0.4) is 0 Å². The number of benzene rings is 1. The lowest BCUT2D eigenvalue weighted by Crippen LogP contribution is -2.38. The molecule has 0 spiro atoms. The predicted octanol–water partition coefficient (Wildman–Crippen LogP) is 2.68. The van der Waals surface area contributed by atoms with Crippen molar-refractivity contribution in [1.82, 2.24) is 4.90 Å². The summed E-state index contributed by atoms with van der Waals surface area (Å²) in [6, 6.07) is 5.84. The van der Waals surface area contributed by atoms with Crippen LogP contribution in [0.1, 0.15) is 23.7 Å². The Hall–Kier alpha value is -1.06. The van der Waals surface area contributed by atoms with E-state index < -0.39 is 0 Å². The fraction of sp³-hybridized carbons (Fsp3) is 0.500. The molecule has 1 atom stereocenters. The standard InChI is InChI=1S/C14H19ClN2O/c1-11-9-16(2)6-3-7-17(11)14-8-13(15)5-4-12(14)10-18/h4-5,8,10-11H,3,6-7,9H2,1-2H3. The van der Waals surface area contributed by atoms with Crippen molar-refractivity contribution < 1.29 is 4.79 Å². The first kappa shape index (κ1) is 13.4. The maximum absolute atomic E-state index is 11.2. The highest BCUT2D eigenvalue weighted by molar-refractivity contribution is 6.31. The summed E-state index contributed by atoms with van der Waals surface area (Å²) in [4.78, 5) is 15.8. The molecule has 1 aliphatic rings. The quantitative estimate of drug-likeness (QED) is 0.769. The highest BCUT2D eigenvalue weighted by Gasteiger charge is 2.21. The van der Waals surface area contributed by atoms with E-state index in [1.54, 1.807) is 12.1 Å². The minimum atomic E-state index is 0.384. The van der Waals surface area contributed by atoms with Crippen LogP contribution in [0.15, 0.2) is 18.2 Å². The third-order valence-electron chi connectivity index (χ3n) is 3.48. The van der Waals surface area contributed by atoms with Gasteiger partial charge >= 0.3 is 0 Å². The number of nitrogens with zero attached hydrogens (tertiary/aromatic N) is 2. The van der Waals surface area contributed by atoms with Gasteiger partial charge < -0.3 is 9.80 Å². The number of carbonyl (C=O) groups is 1. The fourth-order valence-electron chi connectivity index (χ4n) is 2.60. The highest BCUT2D eigenvalue weighted by atomic mass is 35.5. The summed E-state index contributed by atoms with van der Waals surface area (Å²) in [5.41, 5.74) is 1.68. The smallest absolute Gasteiger partial charge is 0.152 e. The lowest BCUT2D eigenvalue weighted by atomic mass is 10.1. The first-order valence-electron chi connectivity index (χ1n) is 6.31. The van der Waals surface area contributed by atoms with E-state index in [-0.39, 0.29) is 0 Å². The SMILES string of the molecule is CC1CN(C)CCCN1c1cc(Cl)ccc1C=O. The van der Waals surface area contributed by atoms with Crippen LogP contribution in [0, 0.1) is 0 Å². The Morgan fingerprint density at radius 1 is 1.39 bits per heavy atom. The van der Waals surface area contributed by atoms with Crippen molar-refractivity contribution in [3.63, 3.8) is 0 Å². The number of likely N-dealkylation sites (N-methyl/N-ethyl adjacent to an activating group) is 1. The zero-order chi connectivity index (χ0) is 13.1. The molecule has 0 aliphatic carbocycles. The number of halogens is 1. The normalized spacial score (nSPS) is 21.7. The van der Waals surface area contributed by atoms with Crippen LogP contribution in [0.4, 0.5) is 5.69 Å². The van der Waals surface area contributed by atoms with E-state index in [0.717, 1.165) is 43.6 Å². The van der Waals surface area contributed by atoms with Gasteiger partial charge in [-0.25, -0.2) is 0 Å². The topological polar surface area (TPSA) is 23.6 Å². The minimum Gasteiger partial charge on any atom is -0.367 e. The molecule has 0 N–H and O–H groups in total. The van der Waals surface area contributed by atoms with Gasteiger partial charge in [0.05, 0.1) is 0 Å². The molecule has 3 nitrogen and oxygen atoms in total. The van der Waals surface area contributed by atoms with Gasteiger partial charge in [-0.2, -0.15) is 0 Å². The summed E-state index contributed by atoms with van der Waals surface area (Å²) in [6.07, 6.45) is 2.01. The van der Waals surface area contributed by atoms with Crippen molar-refractivity contribution in [3.05, 3.63) is 28.8 Å². The molecule has 1 unspecified atom stereocenters. The van der Waals surface area contributed by atoms with Crippen molar-refractivity contribution in [3.8, 4) is 0 Å². The summed E-state index contributed by atoms with van der Waals surface area (Å²) in [7, 11) is 2.14. The van der Waals surface area contributed by atoms with E-state index >= 15 is 0 Å². The Morgan fingerprint density at radius 2 is 2.17 bits per heavy atom. The van der Waals surface area contributed by atoms with Crippen molar-refractivity contribution >= 4 is 23.6 Å². The van der Waals surface area contributed by atoms with Crippen LogP contribution in [-0.4, -0.2) is 43.9 Å². The van der Waals surface area contributed by atoms with Crippen LogP contribution in [0.2, 0.25) is 5.02 Å². The second kappa shape index (κ2) is 5.72. The van der Waals surface area contributed by atoms with E-state index in [1.807, 2.05) is 6.07 Å². The van der Waals surface area contributed by atoms with Gasteiger partial charge in [0.25, 0.3) is 0 Å². The fourth-order valence-corrected chi connectivity index (χ4v) is 2.76. The molecule has 18 heavy (non-hydrogen) atoms. The Labute approximate surface area is 113 Å². The van der Waals surface area contributed by atoms with E-state index in [1.165, 1.54) is 0 Å². The molecule has 4 heteroatoms. The summed E-state index contributed by atoms with van der Waals surface area (Å²) in [5.74, 6) is 0. The number of rotatable bonds is 2. The van der Waals surface area contributed by atoms with Crippen molar-refractivity contribution in [2.45, 2.75) is 19.4 Å². The Bertz CT molecular complexity index is 436. The van der Waals surface area contributed by atoms with Gasteiger partial charge in [-0.1, -0.05) is 11.6 Å². The van der Waals surface area contributed by atoms with Gasteiger partial charge in [-0.15, -0.1) is 0 Å². The molecule has 0 bridgehead atoms. The van der Waals surface area contributed by atoms with Crippen LogP contribution in [0.25, 0.3) is 0 Å². The third-order valence-corrected chi connectivity index (χ3v) is 3.71. The van der Waals surface area contributed by atoms with Gasteiger partial charge in [0, 0.05) is 35.4 Å². The summed E-state index contributed by atoms with van der Waals surface area (Å²) >= 11 is 6.06. The van der Waals surface area contributed by atoms with Crippen molar-refractivity contribution in [1.29, 1.82) is 0 Å². The van der Waals surface area contributed by atoms with Crippen molar-refractivity contribution in [2.75, 3.05) is 31.6 Å². The molecule has 1 heterocycles.